The van der Waals surface area contributed by atoms with Crippen molar-refractivity contribution in [2.45, 2.75) is 33.7 Å². The normalized spacial score (nSPS) is 11.9. The van der Waals surface area contributed by atoms with Gasteiger partial charge in [-0.1, -0.05) is 36.7 Å². The lowest BCUT2D eigenvalue weighted by atomic mass is 9.92. The summed E-state index contributed by atoms with van der Waals surface area (Å²) < 4.78 is 0.724. The number of nitro benzene ring substituents is 1. The Labute approximate surface area is 134 Å². The molecule has 0 atom stereocenters. The maximum absolute atomic E-state index is 11.2. The largest absolute Gasteiger partial charge is 0.330 e. The van der Waals surface area contributed by atoms with Crippen LogP contribution >= 0.6 is 15.9 Å². The van der Waals surface area contributed by atoms with Crippen molar-refractivity contribution < 1.29 is 4.92 Å². The van der Waals surface area contributed by atoms with Gasteiger partial charge in [-0.2, -0.15) is 0 Å². The molecule has 0 saturated carbocycles. The Kier molecular flexibility index (Phi) is 6.77. The first-order chi connectivity index (χ1) is 9.79. The monoisotopic (exact) mass is 357 g/mol. The number of nitro groups is 1. The number of rotatable bonds is 8. The minimum Gasteiger partial charge on any atom is -0.330 e. The van der Waals surface area contributed by atoms with Crippen LogP contribution in [0.1, 0.15) is 32.8 Å². The quantitative estimate of drug-likeness (QED) is 0.570. The summed E-state index contributed by atoms with van der Waals surface area (Å²) in [7, 11) is 0. The lowest BCUT2D eigenvalue weighted by Crippen LogP contribution is -2.38. The van der Waals surface area contributed by atoms with Gasteiger partial charge < -0.3 is 5.73 Å². The van der Waals surface area contributed by atoms with Crippen LogP contribution < -0.4 is 5.73 Å². The molecule has 0 heterocycles. The topological polar surface area (TPSA) is 72.4 Å². The zero-order valence-electron chi connectivity index (χ0n) is 12.9. The van der Waals surface area contributed by atoms with Crippen LogP contribution in [0, 0.1) is 15.5 Å². The van der Waals surface area contributed by atoms with Gasteiger partial charge in [0.15, 0.2) is 0 Å². The maximum atomic E-state index is 11.2. The molecule has 1 aromatic carbocycles. The number of nitrogens with zero attached hydrogens (tertiary/aromatic N) is 2. The van der Waals surface area contributed by atoms with E-state index in [0.717, 1.165) is 29.5 Å². The van der Waals surface area contributed by atoms with Crippen molar-refractivity contribution >= 4 is 21.6 Å². The molecule has 1 rings (SSSR count). The fraction of sp³-hybridized carbons (Fsp3) is 0.600. The van der Waals surface area contributed by atoms with Gasteiger partial charge in [-0.3, -0.25) is 15.0 Å². The molecular formula is C15H24BrN3O2. The highest BCUT2D eigenvalue weighted by atomic mass is 79.9. The van der Waals surface area contributed by atoms with Crippen LogP contribution in [0.3, 0.4) is 0 Å². The predicted molar refractivity (Wildman–Crippen MR) is 89.2 cm³/mol. The molecule has 1 aromatic rings. The number of benzene rings is 1. The molecular weight excluding hydrogens is 334 g/mol. The molecule has 0 fully saturated rings. The standard InChI is InChI=1S/C15H24BrN3O2/c1-4-7-18(11-15(2,3)10-17)9-12-5-6-13(16)8-14(12)19(20)21/h5-6,8H,4,7,9-11,17H2,1-3H3. The van der Waals surface area contributed by atoms with Crippen LogP contribution in [0.25, 0.3) is 0 Å². The summed E-state index contributed by atoms with van der Waals surface area (Å²) in [6.07, 6.45) is 1.00. The van der Waals surface area contributed by atoms with Crippen molar-refractivity contribution in [1.29, 1.82) is 0 Å². The van der Waals surface area contributed by atoms with E-state index in [-0.39, 0.29) is 16.0 Å². The second kappa shape index (κ2) is 7.87. The van der Waals surface area contributed by atoms with Gasteiger partial charge in [0.1, 0.15) is 0 Å². The highest BCUT2D eigenvalue weighted by Crippen LogP contribution is 2.26. The SMILES string of the molecule is CCCN(Cc1ccc(Br)cc1[N+](=O)[O-])CC(C)(C)CN. The van der Waals surface area contributed by atoms with Gasteiger partial charge in [0, 0.05) is 29.2 Å². The number of hydrogen-bond acceptors (Lipinski definition) is 4. The van der Waals surface area contributed by atoms with Crippen molar-refractivity contribution in [3.8, 4) is 0 Å². The third kappa shape index (κ3) is 5.73. The van der Waals surface area contributed by atoms with Crippen LogP contribution in [0.5, 0.6) is 0 Å². The third-order valence-corrected chi connectivity index (χ3v) is 3.88. The van der Waals surface area contributed by atoms with Crippen molar-refractivity contribution in [1.82, 2.24) is 4.90 Å². The van der Waals surface area contributed by atoms with E-state index in [4.69, 9.17) is 5.73 Å². The van der Waals surface area contributed by atoms with E-state index < -0.39 is 0 Å². The Morgan fingerprint density at radius 1 is 1.43 bits per heavy atom. The molecule has 2 N–H and O–H groups in total. The van der Waals surface area contributed by atoms with E-state index in [1.54, 1.807) is 6.07 Å². The molecule has 0 unspecified atom stereocenters. The molecule has 21 heavy (non-hydrogen) atoms. The first-order valence-corrected chi connectivity index (χ1v) is 7.93. The molecule has 118 valence electrons. The number of nitrogens with two attached hydrogens (primary N) is 1. The fourth-order valence-corrected chi connectivity index (χ4v) is 2.63. The fourth-order valence-electron chi connectivity index (χ4n) is 2.28. The Morgan fingerprint density at radius 2 is 2.10 bits per heavy atom. The summed E-state index contributed by atoms with van der Waals surface area (Å²) in [5, 5.41) is 11.2. The number of hydrogen-bond donors (Lipinski definition) is 1. The Balaban J connectivity index is 2.96. The molecule has 0 bridgehead atoms. The van der Waals surface area contributed by atoms with E-state index in [1.165, 1.54) is 0 Å². The first kappa shape index (κ1) is 18.1. The highest BCUT2D eigenvalue weighted by molar-refractivity contribution is 9.10. The van der Waals surface area contributed by atoms with Gasteiger partial charge in [-0.05, 0) is 37.1 Å². The van der Waals surface area contributed by atoms with Gasteiger partial charge in [-0.15, -0.1) is 0 Å². The van der Waals surface area contributed by atoms with Crippen LogP contribution in [-0.4, -0.2) is 29.5 Å². The minimum atomic E-state index is -0.321. The zero-order valence-corrected chi connectivity index (χ0v) is 14.5. The van der Waals surface area contributed by atoms with E-state index >= 15 is 0 Å². The summed E-state index contributed by atoms with van der Waals surface area (Å²) in [5.41, 5.74) is 6.70. The second-order valence-corrected chi connectivity index (χ2v) is 7.02. The smallest absolute Gasteiger partial charge is 0.275 e. The molecule has 0 aliphatic carbocycles. The van der Waals surface area contributed by atoms with E-state index in [9.17, 15) is 10.1 Å². The van der Waals surface area contributed by atoms with Gasteiger partial charge >= 0.3 is 0 Å². The van der Waals surface area contributed by atoms with E-state index in [1.807, 2.05) is 12.1 Å². The van der Waals surface area contributed by atoms with Crippen LogP contribution in [-0.2, 0) is 6.54 Å². The Bertz CT molecular complexity index is 492. The van der Waals surface area contributed by atoms with Crippen LogP contribution in [0.2, 0.25) is 0 Å². The molecule has 5 nitrogen and oxygen atoms in total. The number of halogens is 1. The Morgan fingerprint density at radius 3 is 2.62 bits per heavy atom. The molecule has 0 amide bonds. The Hall–Kier alpha value is -0.980. The van der Waals surface area contributed by atoms with Gasteiger partial charge in [0.25, 0.3) is 5.69 Å². The molecule has 0 spiro atoms. The average Bonchev–Trinajstić information content (AvgIpc) is 2.40. The molecule has 0 aliphatic heterocycles. The molecule has 0 saturated heterocycles. The van der Waals surface area contributed by atoms with Crippen LogP contribution in [0.4, 0.5) is 5.69 Å². The maximum Gasteiger partial charge on any atom is 0.275 e. The molecule has 0 radical (unpaired) electrons. The molecule has 0 aromatic heterocycles. The lowest BCUT2D eigenvalue weighted by molar-refractivity contribution is -0.385. The summed E-state index contributed by atoms with van der Waals surface area (Å²) in [5.74, 6) is 0. The van der Waals surface area contributed by atoms with Gasteiger partial charge in [-0.25, -0.2) is 0 Å². The predicted octanol–water partition coefficient (Wildman–Crippen LogP) is 3.55. The summed E-state index contributed by atoms with van der Waals surface area (Å²) >= 11 is 3.29. The summed E-state index contributed by atoms with van der Waals surface area (Å²) in [6.45, 7) is 9.23. The summed E-state index contributed by atoms with van der Waals surface area (Å²) in [4.78, 5) is 13.1. The molecule has 6 heteroatoms. The van der Waals surface area contributed by atoms with Crippen molar-refractivity contribution in [2.75, 3.05) is 19.6 Å². The minimum absolute atomic E-state index is 0.000681. The van der Waals surface area contributed by atoms with Crippen molar-refractivity contribution in [3.05, 3.63) is 38.3 Å². The van der Waals surface area contributed by atoms with Gasteiger partial charge in [0.2, 0.25) is 0 Å². The molecule has 0 aliphatic rings. The first-order valence-electron chi connectivity index (χ1n) is 7.14. The highest BCUT2D eigenvalue weighted by Gasteiger charge is 2.22. The third-order valence-electron chi connectivity index (χ3n) is 3.38. The zero-order chi connectivity index (χ0) is 16.0. The summed E-state index contributed by atoms with van der Waals surface area (Å²) in [6, 6.07) is 5.23. The van der Waals surface area contributed by atoms with Crippen molar-refractivity contribution in [3.63, 3.8) is 0 Å². The lowest BCUT2D eigenvalue weighted by Gasteiger charge is -2.31. The van der Waals surface area contributed by atoms with Gasteiger partial charge in [0.05, 0.1) is 4.92 Å². The average molecular weight is 358 g/mol. The van der Waals surface area contributed by atoms with E-state index in [2.05, 4.69) is 41.6 Å². The second-order valence-electron chi connectivity index (χ2n) is 6.11. The van der Waals surface area contributed by atoms with E-state index in [0.29, 0.717) is 13.1 Å². The van der Waals surface area contributed by atoms with Crippen LogP contribution in [0.15, 0.2) is 22.7 Å². The van der Waals surface area contributed by atoms with Crippen molar-refractivity contribution in [2.24, 2.45) is 11.1 Å².